The Hall–Kier alpha value is -0.960. The molecule has 0 bridgehead atoms. The molecule has 118 valence electrons. The highest BCUT2D eigenvalue weighted by molar-refractivity contribution is 7.89. The van der Waals surface area contributed by atoms with Gasteiger partial charge in [-0.2, -0.15) is 4.31 Å². The monoisotopic (exact) mass is 332 g/mol. The normalized spacial score (nSPS) is 17.8. The molecule has 0 aromatic heterocycles. The number of likely N-dealkylation sites (N-methyl/N-ethyl adjacent to an activating group) is 1. The lowest BCUT2D eigenvalue weighted by Gasteiger charge is -2.25. The molecule has 2 rings (SSSR count). The molecule has 1 saturated heterocycles. The first-order valence-electron chi connectivity index (χ1n) is 6.76. The first-order chi connectivity index (χ1) is 10.0. The molecule has 1 fully saturated rings. The lowest BCUT2D eigenvalue weighted by atomic mass is 10.3. The molecule has 0 unspecified atom stereocenters. The minimum atomic E-state index is -3.50. The summed E-state index contributed by atoms with van der Waals surface area (Å²) in [5, 5.41) is 2.97. The third-order valence-electron chi connectivity index (χ3n) is 3.22. The van der Waals surface area contributed by atoms with Gasteiger partial charge in [-0.3, -0.25) is 4.21 Å². The van der Waals surface area contributed by atoms with Gasteiger partial charge >= 0.3 is 0 Å². The van der Waals surface area contributed by atoms with Crippen molar-refractivity contribution in [2.75, 3.05) is 44.8 Å². The summed E-state index contributed by atoms with van der Waals surface area (Å²) in [7, 11) is -2.55. The lowest BCUT2D eigenvalue weighted by molar-refractivity contribution is 0.318. The maximum Gasteiger partial charge on any atom is 0.243 e. The quantitative estimate of drug-likeness (QED) is 0.744. The van der Waals surface area contributed by atoms with E-state index in [1.165, 1.54) is 4.31 Å². The molecule has 0 saturated carbocycles. The molecule has 6 nitrogen and oxygen atoms in total. The third kappa shape index (κ3) is 4.26. The van der Waals surface area contributed by atoms with E-state index in [4.69, 9.17) is 4.74 Å². The van der Waals surface area contributed by atoms with Crippen molar-refractivity contribution in [3.8, 4) is 5.75 Å². The Balaban J connectivity index is 2.04. The zero-order chi connectivity index (χ0) is 15.3. The second-order valence-corrected chi connectivity index (χ2v) is 8.31. The number of nitrogens with zero attached hydrogens (tertiary/aromatic N) is 1. The molecular formula is C13H20N2O4S2. The van der Waals surface area contributed by atoms with Crippen LogP contribution in [0.4, 0.5) is 0 Å². The number of sulfonamides is 1. The standard InChI is InChI=1S/C13H20N2O4S2/c1-14-6-9-19-12-2-4-13(5-3-12)21(17,18)15-7-10-20(16)11-8-15/h2-5,14H,6-11H2,1H3. The molecule has 0 aliphatic carbocycles. The van der Waals surface area contributed by atoms with E-state index in [0.29, 0.717) is 37.0 Å². The zero-order valence-corrected chi connectivity index (χ0v) is 13.6. The van der Waals surface area contributed by atoms with Crippen LogP contribution < -0.4 is 10.1 Å². The van der Waals surface area contributed by atoms with E-state index in [0.717, 1.165) is 6.54 Å². The van der Waals surface area contributed by atoms with Crippen molar-refractivity contribution < 1.29 is 17.4 Å². The highest BCUT2D eigenvalue weighted by Gasteiger charge is 2.27. The summed E-state index contributed by atoms with van der Waals surface area (Å²) in [6, 6.07) is 6.42. The Morgan fingerprint density at radius 3 is 2.43 bits per heavy atom. The molecule has 1 N–H and O–H groups in total. The Bertz CT molecular complexity index is 577. The van der Waals surface area contributed by atoms with Gasteiger partial charge in [-0.1, -0.05) is 0 Å². The lowest BCUT2D eigenvalue weighted by Crippen LogP contribution is -2.41. The highest BCUT2D eigenvalue weighted by atomic mass is 32.2. The number of rotatable bonds is 6. The molecule has 0 radical (unpaired) electrons. The maximum absolute atomic E-state index is 12.4. The summed E-state index contributed by atoms with van der Waals surface area (Å²) in [4.78, 5) is 0.246. The van der Waals surface area contributed by atoms with Gasteiger partial charge in [0.1, 0.15) is 12.4 Å². The summed E-state index contributed by atoms with van der Waals surface area (Å²) < 4.78 is 43.0. The van der Waals surface area contributed by atoms with Gasteiger partial charge in [0.15, 0.2) is 0 Å². The Labute approximate surface area is 128 Å². The number of hydrogen-bond acceptors (Lipinski definition) is 5. The van der Waals surface area contributed by atoms with Crippen LogP contribution in [-0.2, 0) is 20.8 Å². The molecule has 8 heteroatoms. The van der Waals surface area contributed by atoms with Gasteiger partial charge in [-0.25, -0.2) is 8.42 Å². The van der Waals surface area contributed by atoms with Crippen molar-refractivity contribution in [2.24, 2.45) is 0 Å². The highest BCUT2D eigenvalue weighted by Crippen LogP contribution is 2.20. The summed E-state index contributed by atoms with van der Waals surface area (Å²) in [5.41, 5.74) is 0. The first-order valence-corrected chi connectivity index (χ1v) is 9.69. The second kappa shape index (κ2) is 7.35. The van der Waals surface area contributed by atoms with E-state index in [1.807, 2.05) is 7.05 Å². The molecule has 0 spiro atoms. The van der Waals surface area contributed by atoms with E-state index in [-0.39, 0.29) is 4.90 Å². The van der Waals surface area contributed by atoms with E-state index >= 15 is 0 Å². The SMILES string of the molecule is CNCCOc1ccc(S(=O)(=O)N2CCS(=O)CC2)cc1. The average molecular weight is 332 g/mol. The molecular weight excluding hydrogens is 312 g/mol. The minimum absolute atomic E-state index is 0.246. The fraction of sp³-hybridized carbons (Fsp3) is 0.538. The number of nitrogens with one attached hydrogen (secondary N) is 1. The van der Waals surface area contributed by atoms with E-state index < -0.39 is 20.8 Å². The molecule has 0 atom stereocenters. The second-order valence-electron chi connectivity index (χ2n) is 4.68. The van der Waals surface area contributed by atoms with Crippen molar-refractivity contribution in [1.82, 2.24) is 9.62 Å². The van der Waals surface area contributed by atoms with Gasteiger partial charge in [-0.05, 0) is 31.3 Å². The molecule has 1 aliphatic rings. The fourth-order valence-electron chi connectivity index (χ4n) is 1.99. The van der Waals surface area contributed by atoms with Crippen LogP contribution in [0.2, 0.25) is 0 Å². The van der Waals surface area contributed by atoms with Gasteiger partial charge in [0.2, 0.25) is 10.0 Å². The third-order valence-corrected chi connectivity index (χ3v) is 6.41. The van der Waals surface area contributed by atoms with Crippen LogP contribution >= 0.6 is 0 Å². The van der Waals surface area contributed by atoms with Gasteiger partial charge < -0.3 is 10.1 Å². The van der Waals surface area contributed by atoms with Crippen molar-refractivity contribution in [3.05, 3.63) is 24.3 Å². The summed E-state index contributed by atoms with van der Waals surface area (Å²) in [6.07, 6.45) is 0. The average Bonchev–Trinajstić information content (AvgIpc) is 2.48. The Morgan fingerprint density at radius 1 is 1.24 bits per heavy atom. The Kier molecular flexibility index (Phi) is 5.74. The van der Waals surface area contributed by atoms with Crippen LogP contribution in [0, 0.1) is 0 Å². The van der Waals surface area contributed by atoms with Crippen LogP contribution in [0.5, 0.6) is 5.75 Å². The summed E-state index contributed by atoms with van der Waals surface area (Å²) >= 11 is 0. The molecule has 1 aromatic carbocycles. The Morgan fingerprint density at radius 2 is 1.86 bits per heavy atom. The fourth-order valence-corrected chi connectivity index (χ4v) is 4.71. The molecule has 1 aliphatic heterocycles. The van der Waals surface area contributed by atoms with Crippen LogP contribution in [0.25, 0.3) is 0 Å². The minimum Gasteiger partial charge on any atom is -0.492 e. The van der Waals surface area contributed by atoms with E-state index in [2.05, 4.69) is 5.32 Å². The maximum atomic E-state index is 12.4. The van der Waals surface area contributed by atoms with Gasteiger partial charge in [0, 0.05) is 41.9 Å². The molecule has 1 aromatic rings. The number of ether oxygens (including phenoxy) is 1. The smallest absolute Gasteiger partial charge is 0.243 e. The van der Waals surface area contributed by atoms with Crippen LogP contribution in [0.15, 0.2) is 29.2 Å². The molecule has 21 heavy (non-hydrogen) atoms. The van der Waals surface area contributed by atoms with Crippen LogP contribution in [0.3, 0.4) is 0 Å². The van der Waals surface area contributed by atoms with Crippen LogP contribution in [-0.4, -0.2) is 61.7 Å². The predicted molar refractivity (Wildman–Crippen MR) is 82.5 cm³/mol. The van der Waals surface area contributed by atoms with E-state index in [1.54, 1.807) is 24.3 Å². The first kappa shape index (κ1) is 16.4. The van der Waals surface area contributed by atoms with Crippen molar-refractivity contribution in [2.45, 2.75) is 4.90 Å². The number of benzene rings is 1. The topological polar surface area (TPSA) is 75.7 Å². The van der Waals surface area contributed by atoms with Crippen molar-refractivity contribution in [3.63, 3.8) is 0 Å². The predicted octanol–water partition coefficient (Wildman–Crippen LogP) is 0.0378. The van der Waals surface area contributed by atoms with Gasteiger partial charge in [0.05, 0.1) is 4.90 Å². The molecule has 0 amide bonds. The van der Waals surface area contributed by atoms with Crippen molar-refractivity contribution >= 4 is 20.8 Å². The summed E-state index contributed by atoms with van der Waals surface area (Å²) in [6.45, 7) is 1.89. The zero-order valence-electron chi connectivity index (χ0n) is 11.9. The van der Waals surface area contributed by atoms with Gasteiger partial charge in [-0.15, -0.1) is 0 Å². The molecule has 1 heterocycles. The van der Waals surface area contributed by atoms with Gasteiger partial charge in [0.25, 0.3) is 0 Å². The van der Waals surface area contributed by atoms with Crippen LogP contribution in [0.1, 0.15) is 0 Å². The van der Waals surface area contributed by atoms with E-state index in [9.17, 15) is 12.6 Å². The largest absolute Gasteiger partial charge is 0.492 e. The summed E-state index contributed by atoms with van der Waals surface area (Å²) in [5.74, 6) is 1.46. The number of hydrogen-bond donors (Lipinski definition) is 1. The van der Waals surface area contributed by atoms with Crippen molar-refractivity contribution in [1.29, 1.82) is 0 Å².